The van der Waals surface area contributed by atoms with E-state index in [4.69, 9.17) is 4.74 Å². The maximum atomic E-state index is 9.39. The van der Waals surface area contributed by atoms with Crippen LogP contribution in [0.3, 0.4) is 0 Å². The Hall–Kier alpha value is -1.06. The molecule has 0 aliphatic heterocycles. The van der Waals surface area contributed by atoms with Gasteiger partial charge in [0, 0.05) is 12.0 Å². The highest BCUT2D eigenvalue weighted by molar-refractivity contribution is 5.41. The molecule has 0 saturated heterocycles. The van der Waals surface area contributed by atoms with Gasteiger partial charge in [-0.2, -0.15) is 0 Å². The highest BCUT2D eigenvalue weighted by Crippen LogP contribution is 2.32. The van der Waals surface area contributed by atoms with E-state index in [2.05, 4.69) is 51.2 Å². The fraction of sp³-hybridized carbons (Fsp3) is 0.647. The summed E-state index contributed by atoms with van der Waals surface area (Å²) in [5.41, 5.74) is 2.20. The van der Waals surface area contributed by atoms with Gasteiger partial charge in [0.15, 0.2) is 0 Å². The van der Waals surface area contributed by atoms with Crippen LogP contribution >= 0.6 is 0 Å². The molecule has 0 bridgehead atoms. The molecule has 0 spiro atoms. The van der Waals surface area contributed by atoms with Gasteiger partial charge < -0.3 is 15.2 Å². The molecule has 3 heteroatoms. The number of aliphatic hydroxyl groups excluding tert-OH is 1. The van der Waals surface area contributed by atoms with Gasteiger partial charge in [-0.25, -0.2) is 0 Å². The van der Waals surface area contributed by atoms with Crippen molar-refractivity contribution in [3.63, 3.8) is 0 Å². The Morgan fingerprint density at radius 2 is 1.85 bits per heavy atom. The Balaban J connectivity index is 2.80. The number of hydrogen-bond acceptors (Lipinski definition) is 3. The number of likely N-dealkylation sites (N-methyl/N-ethyl adjacent to an activating group) is 1. The highest BCUT2D eigenvalue weighted by Gasteiger charge is 2.22. The second kappa shape index (κ2) is 6.59. The van der Waals surface area contributed by atoms with Crippen LogP contribution in [0.1, 0.15) is 45.2 Å². The molecule has 2 N–H and O–H groups in total. The Morgan fingerprint density at radius 3 is 2.35 bits per heavy atom. The van der Waals surface area contributed by atoms with Crippen LogP contribution in [-0.4, -0.2) is 30.9 Å². The summed E-state index contributed by atoms with van der Waals surface area (Å²) >= 11 is 0. The molecule has 20 heavy (non-hydrogen) atoms. The van der Waals surface area contributed by atoms with Crippen LogP contribution in [0.4, 0.5) is 0 Å². The maximum Gasteiger partial charge on any atom is 0.123 e. The van der Waals surface area contributed by atoms with Crippen LogP contribution < -0.4 is 10.1 Å². The van der Waals surface area contributed by atoms with Crippen molar-refractivity contribution in [2.45, 2.75) is 52.0 Å². The third kappa shape index (κ3) is 4.50. The number of benzene rings is 1. The summed E-state index contributed by atoms with van der Waals surface area (Å²) in [6.07, 6.45) is 0.761. The molecule has 3 nitrogen and oxygen atoms in total. The van der Waals surface area contributed by atoms with Crippen molar-refractivity contribution < 1.29 is 9.84 Å². The summed E-state index contributed by atoms with van der Waals surface area (Å²) in [4.78, 5) is 0. The molecule has 1 rings (SSSR count). The minimum atomic E-state index is -0.286. The largest absolute Gasteiger partial charge is 0.493 e. The third-order valence-electron chi connectivity index (χ3n) is 3.81. The molecule has 1 aromatic carbocycles. The number of aryl methyl sites for hydroxylation is 1. The second-order valence-electron chi connectivity index (χ2n) is 6.82. The van der Waals surface area contributed by atoms with Gasteiger partial charge in [0.2, 0.25) is 0 Å². The molecule has 0 aliphatic rings. The first-order valence-corrected chi connectivity index (χ1v) is 7.25. The zero-order valence-corrected chi connectivity index (χ0v) is 13.7. The third-order valence-corrected chi connectivity index (χ3v) is 3.81. The van der Waals surface area contributed by atoms with Crippen LogP contribution in [0.2, 0.25) is 0 Å². The number of hydrogen-bond donors (Lipinski definition) is 2. The summed E-state index contributed by atoms with van der Waals surface area (Å²) < 4.78 is 5.99. The lowest BCUT2D eigenvalue weighted by molar-refractivity contribution is 0.150. The van der Waals surface area contributed by atoms with Gasteiger partial charge in [0.25, 0.3) is 0 Å². The predicted octanol–water partition coefficient (Wildman–Crippen LogP) is 3.03. The summed E-state index contributed by atoms with van der Waals surface area (Å²) in [6.45, 7) is 11.3. The van der Waals surface area contributed by atoms with Crippen LogP contribution in [0.5, 0.6) is 5.75 Å². The minimum Gasteiger partial charge on any atom is -0.493 e. The van der Waals surface area contributed by atoms with E-state index in [1.165, 1.54) is 11.1 Å². The Labute approximate surface area is 123 Å². The lowest BCUT2D eigenvalue weighted by atomic mass is 9.86. The van der Waals surface area contributed by atoms with E-state index in [0.29, 0.717) is 6.61 Å². The quantitative estimate of drug-likeness (QED) is 0.841. The molecule has 1 atom stereocenters. The van der Waals surface area contributed by atoms with Gasteiger partial charge in [-0.05, 0) is 43.5 Å². The van der Waals surface area contributed by atoms with Crippen LogP contribution in [0.15, 0.2) is 18.2 Å². The smallest absolute Gasteiger partial charge is 0.123 e. The standard InChI is InChI=1S/C17H29NO2/c1-13-7-8-14(16(2,3)4)15(11-13)20-10-9-17(5,12-19)18-6/h7-8,11,18-19H,9-10,12H2,1-6H3. The molecular formula is C17H29NO2. The van der Waals surface area contributed by atoms with E-state index in [1.54, 1.807) is 0 Å². The SMILES string of the molecule is CNC(C)(CO)CCOc1cc(C)ccc1C(C)(C)C. The molecule has 0 heterocycles. The monoisotopic (exact) mass is 279 g/mol. The van der Waals surface area contributed by atoms with Crippen LogP contribution in [0, 0.1) is 6.92 Å². The number of nitrogens with one attached hydrogen (secondary N) is 1. The fourth-order valence-electron chi connectivity index (χ4n) is 2.04. The average molecular weight is 279 g/mol. The molecule has 0 saturated carbocycles. The molecule has 1 unspecified atom stereocenters. The Kier molecular flexibility index (Phi) is 5.60. The van der Waals surface area contributed by atoms with E-state index in [1.807, 2.05) is 14.0 Å². The van der Waals surface area contributed by atoms with Gasteiger partial charge >= 0.3 is 0 Å². The van der Waals surface area contributed by atoms with Crippen molar-refractivity contribution in [1.82, 2.24) is 5.32 Å². The summed E-state index contributed by atoms with van der Waals surface area (Å²) in [7, 11) is 1.86. The first kappa shape index (κ1) is 17.0. The number of aliphatic hydroxyl groups is 1. The van der Waals surface area contributed by atoms with Gasteiger partial charge in [-0.3, -0.25) is 0 Å². The Bertz CT molecular complexity index is 431. The summed E-state index contributed by atoms with van der Waals surface area (Å²) in [6, 6.07) is 6.36. The van der Waals surface area contributed by atoms with Crippen molar-refractivity contribution in [1.29, 1.82) is 0 Å². The Morgan fingerprint density at radius 1 is 1.20 bits per heavy atom. The topological polar surface area (TPSA) is 41.5 Å². The normalized spacial score (nSPS) is 14.9. The maximum absolute atomic E-state index is 9.39. The lowest BCUT2D eigenvalue weighted by Gasteiger charge is -2.28. The van der Waals surface area contributed by atoms with E-state index in [9.17, 15) is 5.11 Å². The van der Waals surface area contributed by atoms with Crippen molar-refractivity contribution in [2.75, 3.05) is 20.3 Å². The first-order valence-electron chi connectivity index (χ1n) is 7.25. The van der Waals surface area contributed by atoms with Gasteiger partial charge in [-0.15, -0.1) is 0 Å². The first-order chi connectivity index (χ1) is 9.22. The lowest BCUT2D eigenvalue weighted by Crippen LogP contribution is -2.44. The molecule has 1 aromatic rings. The van der Waals surface area contributed by atoms with E-state index < -0.39 is 0 Å². The molecule has 0 aromatic heterocycles. The molecule has 114 valence electrons. The molecule has 0 radical (unpaired) electrons. The molecule has 0 amide bonds. The molecular weight excluding hydrogens is 250 g/mol. The second-order valence-corrected chi connectivity index (χ2v) is 6.82. The van der Waals surface area contributed by atoms with Crippen molar-refractivity contribution in [3.8, 4) is 5.75 Å². The van der Waals surface area contributed by atoms with Crippen molar-refractivity contribution in [2.24, 2.45) is 0 Å². The van der Waals surface area contributed by atoms with Crippen molar-refractivity contribution in [3.05, 3.63) is 29.3 Å². The predicted molar refractivity (Wildman–Crippen MR) is 84.5 cm³/mol. The fourth-order valence-corrected chi connectivity index (χ4v) is 2.04. The minimum absolute atomic E-state index is 0.0618. The number of rotatable bonds is 6. The average Bonchev–Trinajstić information content (AvgIpc) is 2.37. The number of ether oxygens (including phenoxy) is 1. The van der Waals surface area contributed by atoms with E-state index in [0.717, 1.165) is 12.2 Å². The van der Waals surface area contributed by atoms with Crippen LogP contribution in [0.25, 0.3) is 0 Å². The molecule has 0 aliphatic carbocycles. The summed E-state index contributed by atoms with van der Waals surface area (Å²) in [5.74, 6) is 0.953. The summed E-state index contributed by atoms with van der Waals surface area (Å²) in [5, 5.41) is 12.5. The zero-order valence-electron chi connectivity index (χ0n) is 13.7. The van der Waals surface area contributed by atoms with E-state index >= 15 is 0 Å². The van der Waals surface area contributed by atoms with E-state index in [-0.39, 0.29) is 17.6 Å². The van der Waals surface area contributed by atoms with Gasteiger partial charge in [-0.1, -0.05) is 32.9 Å². The molecule has 0 fully saturated rings. The highest BCUT2D eigenvalue weighted by atomic mass is 16.5. The van der Waals surface area contributed by atoms with Crippen LogP contribution in [-0.2, 0) is 5.41 Å². The van der Waals surface area contributed by atoms with Gasteiger partial charge in [0.05, 0.1) is 13.2 Å². The zero-order chi connectivity index (χ0) is 15.4. The van der Waals surface area contributed by atoms with Gasteiger partial charge in [0.1, 0.15) is 5.75 Å². The van der Waals surface area contributed by atoms with Crippen molar-refractivity contribution >= 4 is 0 Å².